The Balaban J connectivity index is 1.38. The topological polar surface area (TPSA) is 65.4 Å². The van der Waals surface area contributed by atoms with E-state index in [1.807, 2.05) is 30.3 Å². The lowest BCUT2D eigenvalue weighted by atomic mass is 10.2. The van der Waals surface area contributed by atoms with Crippen molar-refractivity contribution in [2.24, 2.45) is 4.99 Å². The first kappa shape index (κ1) is 20.6. The molecule has 1 unspecified atom stereocenters. The number of pyridine rings is 1. The molecule has 0 aliphatic carbocycles. The fourth-order valence-corrected chi connectivity index (χ4v) is 4.50. The number of halogens is 1. The molecule has 3 aromatic rings. The third-order valence-electron chi connectivity index (χ3n) is 4.88. The number of thiazole rings is 1. The third kappa shape index (κ3) is 5.09. The summed E-state index contributed by atoms with van der Waals surface area (Å²) in [6.07, 6.45) is 2.79. The molecule has 2 N–H and O–H groups in total. The Morgan fingerprint density at radius 1 is 1.27 bits per heavy atom. The number of guanidine groups is 1. The second kappa shape index (κ2) is 9.91. The maximum absolute atomic E-state index is 6.30. The number of aliphatic imine (C=N–C) groups is 1. The van der Waals surface area contributed by atoms with Gasteiger partial charge in [0.15, 0.2) is 5.96 Å². The first-order valence-electron chi connectivity index (χ1n) is 10.1. The molecule has 0 bridgehead atoms. The zero-order valence-electron chi connectivity index (χ0n) is 16.9. The molecule has 0 saturated carbocycles. The summed E-state index contributed by atoms with van der Waals surface area (Å²) in [5, 5.41) is 10.7. The van der Waals surface area contributed by atoms with Gasteiger partial charge in [-0.15, -0.1) is 11.3 Å². The van der Waals surface area contributed by atoms with Crippen LogP contribution in [0.1, 0.15) is 19.0 Å². The van der Waals surface area contributed by atoms with Gasteiger partial charge in [0, 0.05) is 42.8 Å². The summed E-state index contributed by atoms with van der Waals surface area (Å²) < 4.78 is 0. The highest BCUT2D eigenvalue weighted by Gasteiger charge is 2.25. The molecule has 1 aliphatic heterocycles. The number of aromatic nitrogens is 2. The Hall–Kier alpha value is -2.64. The second-order valence-electron chi connectivity index (χ2n) is 7.09. The number of rotatable bonds is 6. The van der Waals surface area contributed by atoms with Crippen LogP contribution in [0, 0.1) is 0 Å². The lowest BCUT2D eigenvalue weighted by Gasteiger charge is -2.20. The van der Waals surface area contributed by atoms with Gasteiger partial charge in [-0.25, -0.2) is 15.0 Å². The lowest BCUT2D eigenvalue weighted by molar-refractivity contribution is 0.648. The van der Waals surface area contributed by atoms with Crippen LogP contribution in [0.4, 0.5) is 5.82 Å². The molecule has 1 atom stereocenters. The van der Waals surface area contributed by atoms with Crippen LogP contribution in [-0.2, 0) is 6.54 Å². The number of anilines is 1. The highest BCUT2D eigenvalue weighted by molar-refractivity contribution is 7.13. The number of benzene rings is 1. The summed E-state index contributed by atoms with van der Waals surface area (Å²) in [7, 11) is 0. The lowest BCUT2D eigenvalue weighted by Crippen LogP contribution is -2.44. The number of nitrogens with zero attached hydrogens (tertiary/aromatic N) is 4. The van der Waals surface area contributed by atoms with Gasteiger partial charge in [0.2, 0.25) is 0 Å². The fourth-order valence-electron chi connectivity index (χ4n) is 3.45. The summed E-state index contributed by atoms with van der Waals surface area (Å²) in [6.45, 7) is 5.18. The van der Waals surface area contributed by atoms with E-state index in [4.69, 9.17) is 21.6 Å². The fraction of sp³-hybridized carbons (Fsp3) is 0.318. The normalized spacial score (nSPS) is 16.7. The van der Waals surface area contributed by atoms with Gasteiger partial charge >= 0.3 is 0 Å². The molecule has 1 saturated heterocycles. The number of hydrogen-bond donors (Lipinski definition) is 2. The van der Waals surface area contributed by atoms with Crippen molar-refractivity contribution in [2.45, 2.75) is 25.9 Å². The summed E-state index contributed by atoms with van der Waals surface area (Å²) in [4.78, 5) is 16.1. The van der Waals surface area contributed by atoms with Gasteiger partial charge in [-0.1, -0.05) is 41.9 Å². The quantitative estimate of drug-likeness (QED) is 0.444. The van der Waals surface area contributed by atoms with E-state index in [1.165, 1.54) is 0 Å². The zero-order chi connectivity index (χ0) is 20.8. The van der Waals surface area contributed by atoms with Crippen LogP contribution in [0.2, 0.25) is 5.02 Å². The average molecular weight is 441 g/mol. The predicted molar refractivity (Wildman–Crippen MR) is 125 cm³/mol. The summed E-state index contributed by atoms with van der Waals surface area (Å²) in [6, 6.07) is 14.3. The van der Waals surface area contributed by atoms with Crippen LogP contribution < -0.4 is 15.5 Å². The largest absolute Gasteiger partial charge is 0.357 e. The molecule has 0 amide bonds. The Labute approximate surface area is 186 Å². The Morgan fingerprint density at radius 3 is 2.93 bits per heavy atom. The van der Waals surface area contributed by atoms with E-state index in [-0.39, 0.29) is 6.04 Å². The Morgan fingerprint density at radius 2 is 2.13 bits per heavy atom. The van der Waals surface area contributed by atoms with Crippen LogP contribution in [0.15, 0.2) is 59.0 Å². The molecule has 8 heteroatoms. The van der Waals surface area contributed by atoms with Crippen molar-refractivity contribution in [1.82, 2.24) is 20.6 Å². The first-order chi connectivity index (χ1) is 14.7. The molecule has 0 spiro atoms. The van der Waals surface area contributed by atoms with Crippen molar-refractivity contribution >= 4 is 34.7 Å². The molecular weight excluding hydrogens is 416 g/mol. The molecule has 3 heterocycles. The van der Waals surface area contributed by atoms with E-state index in [1.54, 1.807) is 17.5 Å². The highest BCUT2D eigenvalue weighted by Crippen LogP contribution is 2.26. The van der Waals surface area contributed by atoms with Gasteiger partial charge in [0.1, 0.15) is 10.8 Å². The van der Waals surface area contributed by atoms with Gasteiger partial charge in [0.05, 0.1) is 17.3 Å². The zero-order valence-corrected chi connectivity index (χ0v) is 18.5. The second-order valence-corrected chi connectivity index (χ2v) is 8.36. The maximum atomic E-state index is 6.30. The molecule has 156 valence electrons. The molecule has 4 rings (SSSR count). The van der Waals surface area contributed by atoms with Crippen LogP contribution >= 0.6 is 22.9 Å². The van der Waals surface area contributed by atoms with Gasteiger partial charge in [-0.05, 0) is 25.5 Å². The minimum Gasteiger partial charge on any atom is -0.357 e. The molecule has 1 fully saturated rings. The van der Waals surface area contributed by atoms with Crippen molar-refractivity contribution in [1.29, 1.82) is 0 Å². The van der Waals surface area contributed by atoms with Crippen molar-refractivity contribution in [3.05, 3.63) is 64.8 Å². The van der Waals surface area contributed by atoms with E-state index < -0.39 is 0 Å². The van der Waals surface area contributed by atoms with Crippen LogP contribution in [0.5, 0.6) is 0 Å². The molecule has 2 aromatic heterocycles. The summed E-state index contributed by atoms with van der Waals surface area (Å²) in [5.41, 5.74) is 2.12. The highest BCUT2D eigenvalue weighted by atomic mass is 35.5. The maximum Gasteiger partial charge on any atom is 0.191 e. The van der Waals surface area contributed by atoms with E-state index in [2.05, 4.69) is 45.0 Å². The summed E-state index contributed by atoms with van der Waals surface area (Å²) in [5.74, 6) is 1.66. The average Bonchev–Trinajstić information content (AvgIpc) is 3.43. The first-order valence-corrected chi connectivity index (χ1v) is 11.4. The van der Waals surface area contributed by atoms with Crippen LogP contribution in [-0.4, -0.2) is 41.6 Å². The van der Waals surface area contributed by atoms with E-state index >= 15 is 0 Å². The van der Waals surface area contributed by atoms with E-state index in [0.717, 1.165) is 54.1 Å². The van der Waals surface area contributed by atoms with E-state index in [0.29, 0.717) is 11.6 Å². The van der Waals surface area contributed by atoms with E-state index in [9.17, 15) is 0 Å². The van der Waals surface area contributed by atoms with Crippen LogP contribution in [0.25, 0.3) is 10.6 Å². The smallest absolute Gasteiger partial charge is 0.191 e. The Kier molecular flexibility index (Phi) is 6.81. The van der Waals surface area contributed by atoms with Gasteiger partial charge < -0.3 is 15.5 Å². The van der Waals surface area contributed by atoms with Crippen molar-refractivity contribution < 1.29 is 0 Å². The molecule has 6 nitrogen and oxygen atoms in total. The SMILES string of the molecule is CCNC(=NCc1csc(-c2ccccc2)n1)NC1CCN(c2ncccc2Cl)C1. The monoisotopic (exact) mass is 440 g/mol. The summed E-state index contributed by atoms with van der Waals surface area (Å²) >= 11 is 7.96. The molecule has 30 heavy (non-hydrogen) atoms. The van der Waals surface area contributed by atoms with Gasteiger partial charge in [0.25, 0.3) is 0 Å². The van der Waals surface area contributed by atoms with Crippen LogP contribution in [0.3, 0.4) is 0 Å². The number of nitrogens with one attached hydrogen (secondary N) is 2. The third-order valence-corrected chi connectivity index (χ3v) is 6.12. The van der Waals surface area contributed by atoms with Gasteiger partial charge in [-0.2, -0.15) is 0 Å². The standard InChI is InChI=1S/C22H25ClN6S/c1-2-24-22(26-13-18-15-30-21(27-18)16-7-4-3-5-8-16)28-17-10-12-29(14-17)20-19(23)9-6-11-25-20/h3-9,11,15,17H,2,10,12-14H2,1H3,(H2,24,26,28). The minimum atomic E-state index is 0.288. The number of hydrogen-bond acceptors (Lipinski definition) is 5. The van der Waals surface area contributed by atoms with Crippen molar-refractivity contribution in [2.75, 3.05) is 24.5 Å². The Bertz CT molecular complexity index is 990. The molecule has 1 aliphatic rings. The van der Waals surface area contributed by atoms with Gasteiger partial charge in [-0.3, -0.25) is 0 Å². The minimum absolute atomic E-state index is 0.288. The van der Waals surface area contributed by atoms with Crippen molar-refractivity contribution in [3.63, 3.8) is 0 Å². The molecule has 0 radical (unpaired) electrons. The molecule has 1 aromatic carbocycles. The molecular formula is C22H25ClN6S. The predicted octanol–water partition coefficient (Wildman–Crippen LogP) is 4.19. The van der Waals surface area contributed by atoms with Crippen molar-refractivity contribution in [3.8, 4) is 10.6 Å².